The molecule has 0 saturated heterocycles. The standard InChI is InChI=1S/C18H15NO4/c20-16(21)11-5-7-12-6-1-4-10-15(12)19-17(22)13-8-2-3-9-14(13)18(19)23/h1-4,6,8-10H,5,7,11H2,(H,20,21). The molecule has 0 spiro atoms. The fourth-order valence-electron chi connectivity index (χ4n) is 2.78. The van der Waals surface area contributed by atoms with Crippen molar-refractivity contribution in [2.45, 2.75) is 19.3 Å². The van der Waals surface area contributed by atoms with Gasteiger partial charge in [-0.2, -0.15) is 0 Å². The van der Waals surface area contributed by atoms with Crippen molar-refractivity contribution in [3.05, 3.63) is 65.2 Å². The Kier molecular flexibility index (Phi) is 3.93. The Morgan fingerprint density at radius 1 is 0.913 bits per heavy atom. The van der Waals surface area contributed by atoms with Gasteiger partial charge in [-0.3, -0.25) is 14.4 Å². The highest BCUT2D eigenvalue weighted by Gasteiger charge is 2.37. The maximum atomic E-state index is 12.6. The molecule has 2 aromatic carbocycles. The number of carboxylic acids is 1. The molecular weight excluding hydrogens is 294 g/mol. The summed E-state index contributed by atoms with van der Waals surface area (Å²) in [7, 11) is 0. The number of anilines is 1. The molecular formula is C18H15NO4. The van der Waals surface area contributed by atoms with Crippen LogP contribution in [0.25, 0.3) is 0 Å². The molecule has 0 aliphatic carbocycles. The Balaban J connectivity index is 1.93. The van der Waals surface area contributed by atoms with E-state index >= 15 is 0 Å². The zero-order chi connectivity index (χ0) is 16.4. The lowest BCUT2D eigenvalue weighted by Crippen LogP contribution is -2.30. The predicted molar refractivity (Wildman–Crippen MR) is 84.6 cm³/mol. The van der Waals surface area contributed by atoms with Crippen LogP contribution in [0.15, 0.2) is 48.5 Å². The molecule has 0 fully saturated rings. The van der Waals surface area contributed by atoms with Gasteiger partial charge in [0.1, 0.15) is 0 Å². The number of benzene rings is 2. The van der Waals surface area contributed by atoms with Crippen LogP contribution in [-0.4, -0.2) is 22.9 Å². The number of nitrogens with zero attached hydrogens (tertiary/aromatic N) is 1. The van der Waals surface area contributed by atoms with Gasteiger partial charge in [0.2, 0.25) is 0 Å². The smallest absolute Gasteiger partial charge is 0.303 e. The lowest BCUT2D eigenvalue weighted by atomic mass is 10.1. The Hall–Kier alpha value is -2.95. The maximum absolute atomic E-state index is 12.6. The predicted octanol–water partition coefficient (Wildman–Crippen LogP) is 2.89. The molecule has 0 aromatic heterocycles. The lowest BCUT2D eigenvalue weighted by Gasteiger charge is -2.18. The van der Waals surface area contributed by atoms with Crippen LogP contribution < -0.4 is 4.90 Å². The average molecular weight is 309 g/mol. The van der Waals surface area contributed by atoms with Crippen molar-refractivity contribution >= 4 is 23.5 Å². The minimum atomic E-state index is -0.858. The maximum Gasteiger partial charge on any atom is 0.303 e. The van der Waals surface area contributed by atoms with Gasteiger partial charge in [0.05, 0.1) is 16.8 Å². The normalized spacial score (nSPS) is 13.3. The summed E-state index contributed by atoms with van der Waals surface area (Å²) in [4.78, 5) is 37.0. The van der Waals surface area contributed by atoms with Crippen LogP contribution in [0, 0.1) is 0 Å². The lowest BCUT2D eigenvalue weighted by molar-refractivity contribution is -0.137. The molecule has 1 N–H and O–H groups in total. The van der Waals surface area contributed by atoms with E-state index in [-0.39, 0.29) is 18.2 Å². The van der Waals surface area contributed by atoms with Crippen LogP contribution >= 0.6 is 0 Å². The van der Waals surface area contributed by atoms with Crippen LogP contribution in [0.4, 0.5) is 5.69 Å². The summed E-state index contributed by atoms with van der Waals surface area (Å²) in [6.45, 7) is 0. The highest BCUT2D eigenvalue weighted by molar-refractivity contribution is 6.34. The molecule has 3 rings (SSSR count). The van der Waals surface area contributed by atoms with Crippen LogP contribution in [0.1, 0.15) is 39.1 Å². The van der Waals surface area contributed by atoms with E-state index < -0.39 is 5.97 Å². The number of carbonyl (C=O) groups is 3. The fraction of sp³-hybridized carbons (Fsp3) is 0.167. The van der Waals surface area contributed by atoms with Crippen LogP contribution in [0.3, 0.4) is 0 Å². The molecule has 1 aliphatic rings. The number of aryl methyl sites for hydroxylation is 1. The first kappa shape index (κ1) is 15.0. The molecule has 1 heterocycles. The summed E-state index contributed by atoms with van der Waals surface area (Å²) < 4.78 is 0. The van der Waals surface area contributed by atoms with Gasteiger partial charge in [0, 0.05) is 6.42 Å². The molecule has 0 atom stereocenters. The van der Waals surface area contributed by atoms with E-state index in [1.165, 1.54) is 4.90 Å². The van der Waals surface area contributed by atoms with Crippen molar-refractivity contribution in [3.8, 4) is 0 Å². The molecule has 0 saturated carbocycles. The van der Waals surface area contributed by atoms with Crippen molar-refractivity contribution in [1.82, 2.24) is 0 Å². The Bertz CT molecular complexity index is 762. The summed E-state index contributed by atoms with van der Waals surface area (Å²) in [5, 5.41) is 8.76. The second-order valence-corrected chi connectivity index (χ2v) is 5.37. The largest absolute Gasteiger partial charge is 0.481 e. The van der Waals surface area contributed by atoms with Crippen LogP contribution in [-0.2, 0) is 11.2 Å². The minimum Gasteiger partial charge on any atom is -0.481 e. The van der Waals surface area contributed by atoms with E-state index in [1.54, 1.807) is 36.4 Å². The molecule has 1 aliphatic heterocycles. The highest BCUT2D eigenvalue weighted by Crippen LogP contribution is 2.31. The molecule has 0 bridgehead atoms. The number of amides is 2. The molecule has 2 amide bonds. The zero-order valence-electron chi connectivity index (χ0n) is 12.4. The second-order valence-electron chi connectivity index (χ2n) is 5.37. The van der Waals surface area contributed by atoms with Gasteiger partial charge in [-0.05, 0) is 36.6 Å². The summed E-state index contributed by atoms with van der Waals surface area (Å²) in [5.74, 6) is -1.53. The summed E-state index contributed by atoms with van der Waals surface area (Å²) in [5.41, 5.74) is 2.13. The SMILES string of the molecule is O=C(O)CCCc1ccccc1N1C(=O)c2ccccc2C1=O. The van der Waals surface area contributed by atoms with Crippen molar-refractivity contribution in [3.63, 3.8) is 0 Å². The number of fused-ring (bicyclic) bond motifs is 1. The van der Waals surface area contributed by atoms with Crippen molar-refractivity contribution < 1.29 is 19.5 Å². The quantitative estimate of drug-likeness (QED) is 0.862. The van der Waals surface area contributed by atoms with Crippen molar-refractivity contribution in [1.29, 1.82) is 0 Å². The van der Waals surface area contributed by atoms with E-state index in [0.717, 1.165) is 5.56 Å². The first-order chi connectivity index (χ1) is 11.1. The minimum absolute atomic E-state index is 0.0520. The zero-order valence-corrected chi connectivity index (χ0v) is 12.4. The Labute approximate surface area is 133 Å². The number of hydrogen-bond donors (Lipinski definition) is 1. The molecule has 116 valence electrons. The van der Waals surface area contributed by atoms with Crippen LogP contribution in [0.5, 0.6) is 0 Å². The van der Waals surface area contributed by atoms with Crippen LogP contribution in [0.2, 0.25) is 0 Å². The molecule has 0 unspecified atom stereocenters. The first-order valence-corrected chi connectivity index (χ1v) is 7.37. The number of imide groups is 1. The summed E-state index contributed by atoms with van der Waals surface area (Å²) in [6, 6.07) is 13.9. The third-order valence-electron chi connectivity index (χ3n) is 3.86. The van der Waals surface area contributed by atoms with Gasteiger partial charge >= 0.3 is 5.97 Å². The summed E-state index contributed by atoms with van der Waals surface area (Å²) >= 11 is 0. The van der Waals surface area contributed by atoms with Gasteiger partial charge in [-0.25, -0.2) is 4.90 Å². The number of carbonyl (C=O) groups excluding carboxylic acids is 2. The van der Waals surface area contributed by atoms with Gasteiger partial charge < -0.3 is 5.11 Å². The van der Waals surface area contributed by atoms with E-state index in [1.807, 2.05) is 12.1 Å². The molecule has 0 radical (unpaired) electrons. The van der Waals surface area contributed by atoms with Crippen molar-refractivity contribution in [2.24, 2.45) is 0 Å². The monoisotopic (exact) mass is 309 g/mol. The number of carboxylic acid groups (broad SMARTS) is 1. The van der Waals surface area contributed by atoms with Gasteiger partial charge in [0.25, 0.3) is 11.8 Å². The van der Waals surface area contributed by atoms with E-state index in [2.05, 4.69) is 0 Å². The van der Waals surface area contributed by atoms with Gasteiger partial charge in [0.15, 0.2) is 0 Å². The van der Waals surface area contributed by atoms with Gasteiger partial charge in [-0.15, -0.1) is 0 Å². The van der Waals surface area contributed by atoms with E-state index in [9.17, 15) is 14.4 Å². The fourth-order valence-corrected chi connectivity index (χ4v) is 2.78. The Morgan fingerprint density at radius 2 is 1.48 bits per heavy atom. The van der Waals surface area contributed by atoms with Crippen molar-refractivity contribution in [2.75, 3.05) is 4.90 Å². The number of hydrogen-bond acceptors (Lipinski definition) is 3. The third-order valence-corrected chi connectivity index (χ3v) is 3.86. The first-order valence-electron chi connectivity index (χ1n) is 7.37. The molecule has 5 nitrogen and oxygen atoms in total. The van der Waals surface area contributed by atoms with E-state index in [0.29, 0.717) is 29.7 Å². The second kappa shape index (κ2) is 6.04. The number of para-hydroxylation sites is 1. The Morgan fingerprint density at radius 3 is 2.09 bits per heavy atom. The summed E-state index contributed by atoms with van der Waals surface area (Å²) in [6.07, 6.45) is 1.00. The number of aliphatic carboxylic acids is 1. The number of rotatable bonds is 5. The molecule has 23 heavy (non-hydrogen) atoms. The third kappa shape index (κ3) is 2.73. The van der Waals surface area contributed by atoms with Gasteiger partial charge in [-0.1, -0.05) is 30.3 Å². The van der Waals surface area contributed by atoms with E-state index in [4.69, 9.17) is 5.11 Å². The highest BCUT2D eigenvalue weighted by atomic mass is 16.4. The topological polar surface area (TPSA) is 74.7 Å². The molecule has 5 heteroatoms. The molecule has 2 aromatic rings. The average Bonchev–Trinajstić information content (AvgIpc) is 2.80.